The molecule has 0 saturated heterocycles. The van der Waals surface area contributed by atoms with Gasteiger partial charge in [-0.15, -0.1) is 5.10 Å². The summed E-state index contributed by atoms with van der Waals surface area (Å²) in [4.78, 5) is 4.63. The van der Waals surface area contributed by atoms with Gasteiger partial charge in [0.1, 0.15) is 17.6 Å². The lowest BCUT2D eigenvalue weighted by atomic mass is 9.84. The van der Waals surface area contributed by atoms with Crippen LogP contribution in [0.2, 0.25) is 5.02 Å². The van der Waals surface area contributed by atoms with Gasteiger partial charge in [-0.1, -0.05) is 71.9 Å². The van der Waals surface area contributed by atoms with Crippen LogP contribution in [0.5, 0.6) is 5.75 Å². The molecule has 0 fully saturated rings. The van der Waals surface area contributed by atoms with Crippen molar-refractivity contribution in [2.45, 2.75) is 17.3 Å². The van der Waals surface area contributed by atoms with Crippen LogP contribution in [0.25, 0.3) is 5.70 Å². The Hall–Kier alpha value is -3.29. The van der Waals surface area contributed by atoms with Crippen molar-refractivity contribution in [2.75, 3.05) is 11.6 Å². The number of anilines is 1. The van der Waals surface area contributed by atoms with Crippen molar-refractivity contribution in [2.24, 2.45) is 0 Å². The third-order valence-electron chi connectivity index (χ3n) is 5.93. The zero-order chi connectivity index (χ0) is 22.5. The lowest BCUT2D eigenvalue weighted by Gasteiger charge is -2.39. The van der Waals surface area contributed by atoms with Crippen LogP contribution in [-0.2, 0) is 0 Å². The fourth-order valence-corrected chi connectivity index (χ4v) is 5.07. The third-order valence-corrected chi connectivity index (χ3v) is 6.81. The number of halogens is 2. The van der Waals surface area contributed by atoms with Crippen molar-refractivity contribution >= 4 is 35.0 Å². The minimum absolute atomic E-state index is 0.319. The second kappa shape index (κ2) is 7.93. The van der Waals surface area contributed by atoms with E-state index in [0.717, 1.165) is 28.1 Å². The van der Waals surface area contributed by atoms with Crippen molar-refractivity contribution in [1.82, 2.24) is 14.8 Å². The van der Waals surface area contributed by atoms with E-state index < -0.39 is 12.1 Å². The van der Waals surface area contributed by atoms with Gasteiger partial charge in [0, 0.05) is 27.3 Å². The zero-order valence-corrected chi connectivity index (χ0v) is 19.1. The molecule has 6 rings (SSSR count). The summed E-state index contributed by atoms with van der Waals surface area (Å²) in [5.41, 5.74) is 3.85. The molecule has 2 atom stereocenters. The lowest BCUT2D eigenvalue weighted by Crippen LogP contribution is -2.33. The van der Waals surface area contributed by atoms with Gasteiger partial charge in [0.15, 0.2) is 6.10 Å². The van der Waals surface area contributed by atoms with E-state index in [0.29, 0.717) is 21.7 Å². The Balaban J connectivity index is 1.67. The quantitative estimate of drug-likeness (QED) is 0.349. The first-order chi connectivity index (χ1) is 16.2. The minimum Gasteiger partial charge on any atom is -0.480 e. The van der Waals surface area contributed by atoms with Crippen LogP contribution in [0.15, 0.2) is 83.5 Å². The molecule has 1 N–H and O–H groups in total. The molecule has 2 aliphatic rings. The smallest absolute Gasteiger partial charge is 0.227 e. The van der Waals surface area contributed by atoms with E-state index in [4.69, 9.17) is 16.3 Å². The summed E-state index contributed by atoms with van der Waals surface area (Å²) in [6.45, 7) is 0. The average molecular weight is 477 g/mol. The van der Waals surface area contributed by atoms with E-state index in [1.807, 2.05) is 60.9 Å². The molecule has 4 aromatic rings. The largest absolute Gasteiger partial charge is 0.480 e. The molecular formula is C25H18ClFN4OS. The van der Waals surface area contributed by atoms with Crippen molar-refractivity contribution in [1.29, 1.82) is 0 Å². The standard InChI is InChI=1S/C25H18ClFN4OS/c1-33-25-29-24-28-21-16-10-4-7-13-19(16)32-23(14-8-2-5-11-17(14)26)20(21)22(31(24)30-25)15-9-3-6-12-18(15)27/h2-13,22-23H,1H3,(H,28,29,30)/t22-,23-/m1/s1. The van der Waals surface area contributed by atoms with Gasteiger partial charge < -0.3 is 10.1 Å². The number of rotatable bonds is 3. The van der Waals surface area contributed by atoms with Gasteiger partial charge in [0.05, 0.1) is 5.70 Å². The molecule has 164 valence electrons. The molecule has 3 heterocycles. The van der Waals surface area contributed by atoms with Crippen LogP contribution in [-0.4, -0.2) is 21.0 Å². The molecule has 1 aromatic heterocycles. The molecule has 0 aliphatic carbocycles. The van der Waals surface area contributed by atoms with Crippen LogP contribution >= 0.6 is 23.4 Å². The molecule has 0 amide bonds. The molecule has 0 radical (unpaired) electrons. The topological polar surface area (TPSA) is 52.0 Å². The maximum absolute atomic E-state index is 15.2. The molecule has 5 nitrogen and oxygen atoms in total. The molecule has 0 unspecified atom stereocenters. The predicted octanol–water partition coefficient (Wildman–Crippen LogP) is 6.35. The number of benzene rings is 3. The van der Waals surface area contributed by atoms with Crippen LogP contribution in [0.1, 0.15) is 28.8 Å². The highest BCUT2D eigenvalue weighted by molar-refractivity contribution is 7.98. The summed E-state index contributed by atoms with van der Waals surface area (Å²) in [7, 11) is 0. The molecule has 0 saturated carbocycles. The first-order valence-corrected chi connectivity index (χ1v) is 12.0. The summed E-state index contributed by atoms with van der Waals surface area (Å²) in [6.07, 6.45) is 1.37. The van der Waals surface area contributed by atoms with Crippen LogP contribution in [0.4, 0.5) is 10.3 Å². The molecule has 0 spiro atoms. The molecule has 0 bridgehead atoms. The van der Waals surface area contributed by atoms with Crippen LogP contribution in [0, 0.1) is 5.82 Å². The maximum atomic E-state index is 15.2. The van der Waals surface area contributed by atoms with Crippen molar-refractivity contribution in [3.63, 3.8) is 0 Å². The fourth-order valence-electron chi connectivity index (χ4n) is 4.49. The number of ether oxygens (including phenoxy) is 1. The van der Waals surface area contributed by atoms with Gasteiger partial charge in [-0.05, 0) is 30.5 Å². The van der Waals surface area contributed by atoms with E-state index in [-0.39, 0.29) is 5.82 Å². The number of nitrogens with one attached hydrogen (secondary N) is 1. The van der Waals surface area contributed by atoms with Gasteiger partial charge >= 0.3 is 0 Å². The summed E-state index contributed by atoms with van der Waals surface area (Å²) in [5, 5.41) is 9.32. The Morgan fingerprint density at radius 1 is 1.00 bits per heavy atom. The van der Waals surface area contributed by atoms with Gasteiger partial charge in [-0.3, -0.25) is 0 Å². The number of hydrogen-bond donors (Lipinski definition) is 1. The average Bonchev–Trinajstić information content (AvgIpc) is 3.26. The summed E-state index contributed by atoms with van der Waals surface area (Å²) in [5.74, 6) is 0.958. The summed E-state index contributed by atoms with van der Waals surface area (Å²) in [6, 6.07) is 21.6. The van der Waals surface area contributed by atoms with Crippen molar-refractivity contribution < 1.29 is 9.13 Å². The van der Waals surface area contributed by atoms with Crippen molar-refractivity contribution in [3.8, 4) is 5.75 Å². The first kappa shape index (κ1) is 20.3. The van der Waals surface area contributed by atoms with E-state index in [2.05, 4.69) is 15.4 Å². The summed E-state index contributed by atoms with van der Waals surface area (Å²) < 4.78 is 23.5. The van der Waals surface area contributed by atoms with Gasteiger partial charge in [-0.2, -0.15) is 4.98 Å². The number of para-hydroxylation sites is 1. The molecule has 3 aromatic carbocycles. The van der Waals surface area contributed by atoms with Gasteiger partial charge in [0.25, 0.3) is 0 Å². The first-order valence-electron chi connectivity index (χ1n) is 10.4. The number of aromatic nitrogens is 3. The monoisotopic (exact) mass is 476 g/mol. The maximum Gasteiger partial charge on any atom is 0.227 e. The van der Waals surface area contributed by atoms with Gasteiger partial charge in [-0.25, -0.2) is 9.07 Å². The number of thioether (sulfide) groups is 1. The highest BCUT2D eigenvalue weighted by atomic mass is 35.5. The Labute approximate surface area is 199 Å². The number of nitrogens with zero attached hydrogens (tertiary/aromatic N) is 3. The zero-order valence-electron chi connectivity index (χ0n) is 17.5. The predicted molar refractivity (Wildman–Crippen MR) is 128 cm³/mol. The highest BCUT2D eigenvalue weighted by Crippen LogP contribution is 2.51. The molecule has 8 heteroatoms. The Kier molecular flexibility index (Phi) is 4.89. The van der Waals surface area contributed by atoms with Crippen molar-refractivity contribution in [3.05, 3.63) is 106 Å². The SMILES string of the molecule is CSc1nc2n(n1)[C@H](c1ccccc1F)C1=C(N2)c2ccccc2O[C@@H]1c1ccccc1Cl. The normalized spacial score (nSPS) is 18.6. The Morgan fingerprint density at radius 3 is 2.52 bits per heavy atom. The van der Waals surface area contributed by atoms with Crippen LogP contribution in [0.3, 0.4) is 0 Å². The van der Waals surface area contributed by atoms with Crippen LogP contribution < -0.4 is 10.1 Å². The lowest BCUT2D eigenvalue weighted by molar-refractivity contribution is 0.222. The molecular weight excluding hydrogens is 459 g/mol. The second-order valence-corrected chi connectivity index (χ2v) is 8.94. The second-order valence-electron chi connectivity index (χ2n) is 7.76. The molecule has 2 aliphatic heterocycles. The van der Waals surface area contributed by atoms with E-state index >= 15 is 4.39 Å². The minimum atomic E-state index is -0.569. The Bertz CT molecular complexity index is 1420. The van der Waals surface area contributed by atoms with E-state index in [1.54, 1.807) is 16.8 Å². The molecule has 33 heavy (non-hydrogen) atoms. The van der Waals surface area contributed by atoms with E-state index in [9.17, 15) is 0 Å². The number of hydrogen-bond acceptors (Lipinski definition) is 5. The van der Waals surface area contributed by atoms with E-state index in [1.165, 1.54) is 17.8 Å². The Morgan fingerprint density at radius 2 is 1.73 bits per heavy atom. The highest BCUT2D eigenvalue weighted by Gasteiger charge is 2.42. The fraction of sp³-hybridized carbons (Fsp3) is 0.120. The van der Waals surface area contributed by atoms with Gasteiger partial charge in [0.2, 0.25) is 11.1 Å². The summed E-state index contributed by atoms with van der Waals surface area (Å²) >= 11 is 8.07. The third kappa shape index (κ3) is 3.22. The number of fused-ring (bicyclic) bond motifs is 3.